The number of hydrogen-bond donors (Lipinski definition) is 0. The lowest BCUT2D eigenvalue weighted by molar-refractivity contribution is 0.0736. The third-order valence-electron chi connectivity index (χ3n) is 4.70. The van der Waals surface area contributed by atoms with E-state index in [1.165, 1.54) is 18.1 Å². The zero-order chi connectivity index (χ0) is 16.7. The van der Waals surface area contributed by atoms with Gasteiger partial charge >= 0.3 is 0 Å². The molecule has 120 valence electrons. The maximum Gasteiger partial charge on any atom is 0.256 e. The molecule has 1 aromatic heterocycles. The van der Waals surface area contributed by atoms with Gasteiger partial charge in [0.15, 0.2) is 0 Å². The van der Waals surface area contributed by atoms with Crippen molar-refractivity contribution in [3.8, 4) is 0 Å². The second kappa shape index (κ2) is 5.64. The van der Waals surface area contributed by atoms with Gasteiger partial charge in [0, 0.05) is 31.6 Å². The van der Waals surface area contributed by atoms with Crippen LogP contribution < -0.4 is 0 Å². The summed E-state index contributed by atoms with van der Waals surface area (Å²) in [7, 11) is 0. The number of hydrogen-bond acceptors (Lipinski definition) is 2. The van der Waals surface area contributed by atoms with Gasteiger partial charge in [0.2, 0.25) is 5.91 Å². The lowest BCUT2D eigenvalue weighted by Crippen LogP contribution is -2.35. The monoisotopic (exact) mass is 318 g/mol. The molecule has 0 N–H and O–H groups in total. The van der Waals surface area contributed by atoms with Crippen molar-refractivity contribution in [3.63, 3.8) is 0 Å². The number of carbonyl (C=O) groups excluding carboxylic acids is 2. The number of para-hydroxylation sites is 1. The molecule has 0 unspecified atom stereocenters. The van der Waals surface area contributed by atoms with Crippen LogP contribution in [0.25, 0.3) is 10.9 Å². The molecule has 1 aliphatic heterocycles. The molecular formula is C20H18N2O2. The van der Waals surface area contributed by atoms with Crippen LogP contribution in [0, 0.1) is 0 Å². The Morgan fingerprint density at radius 1 is 0.958 bits per heavy atom. The molecule has 4 rings (SSSR count). The van der Waals surface area contributed by atoms with E-state index in [1.807, 2.05) is 41.3 Å². The summed E-state index contributed by atoms with van der Waals surface area (Å²) in [5.74, 6) is -0.102. The Balaban J connectivity index is 1.73. The van der Waals surface area contributed by atoms with E-state index in [1.54, 1.807) is 10.8 Å². The Bertz CT molecular complexity index is 955. The van der Waals surface area contributed by atoms with Crippen LogP contribution >= 0.6 is 0 Å². The van der Waals surface area contributed by atoms with Gasteiger partial charge in [-0.1, -0.05) is 42.5 Å². The highest BCUT2D eigenvalue weighted by atomic mass is 16.2. The first-order chi connectivity index (χ1) is 11.6. The van der Waals surface area contributed by atoms with Crippen molar-refractivity contribution in [2.45, 2.75) is 19.9 Å². The molecule has 24 heavy (non-hydrogen) atoms. The molecule has 2 aromatic carbocycles. The summed E-state index contributed by atoms with van der Waals surface area (Å²) in [6, 6.07) is 15.8. The number of aromatic nitrogens is 1. The van der Waals surface area contributed by atoms with Gasteiger partial charge in [0.1, 0.15) is 0 Å². The number of fused-ring (bicyclic) bond motifs is 2. The van der Waals surface area contributed by atoms with E-state index in [-0.39, 0.29) is 11.8 Å². The van der Waals surface area contributed by atoms with Gasteiger partial charge in [-0.25, -0.2) is 0 Å². The number of amides is 1. The minimum Gasteiger partial charge on any atom is -0.334 e. The number of benzene rings is 2. The molecule has 0 radical (unpaired) electrons. The van der Waals surface area contributed by atoms with E-state index >= 15 is 0 Å². The first kappa shape index (κ1) is 14.7. The summed E-state index contributed by atoms with van der Waals surface area (Å²) in [6.07, 6.45) is 2.54. The zero-order valence-corrected chi connectivity index (χ0v) is 13.5. The van der Waals surface area contributed by atoms with Crippen LogP contribution in [0.1, 0.15) is 33.2 Å². The first-order valence-corrected chi connectivity index (χ1v) is 8.12. The maximum absolute atomic E-state index is 13.1. The largest absolute Gasteiger partial charge is 0.334 e. The molecule has 3 aromatic rings. The highest BCUT2D eigenvalue weighted by Crippen LogP contribution is 2.25. The number of nitrogens with zero attached hydrogens (tertiary/aromatic N) is 2. The Kier molecular flexibility index (Phi) is 3.45. The number of carbonyl (C=O) groups is 2. The Labute approximate surface area is 140 Å². The predicted octanol–water partition coefficient (Wildman–Crippen LogP) is 3.50. The van der Waals surface area contributed by atoms with Crippen LogP contribution in [0.5, 0.6) is 0 Å². The third kappa shape index (κ3) is 2.31. The van der Waals surface area contributed by atoms with E-state index in [4.69, 9.17) is 0 Å². The fraction of sp³-hybridized carbons (Fsp3) is 0.200. The second-order valence-electron chi connectivity index (χ2n) is 6.19. The average molecular weight is 318 g/mol. The SMILES string of the molecule is CC(=O)n1cc(C(=O)N2CCc3ccccc3C2)c2ccccc21. The molecule has 1 amide bonds. The van der Waals surface area contributed by atoms with Crippen LogP contribution in [0.15, 0.2) is 54.7 Å². The van der Waals surface area contributed by atoms with E-state index in [0.717, 1.165) is 17.3 Å². The first-order valence-electron chi connectivity index (χ1n) is 8.12. The lowest BCUT2D eigenvalue weighted by atomic mass is 9.99. The molecule has 1 aliphatic rings. The molecule has 0 saturated heterocycles. The van der Waals surface area contributed by atoms with Crippen LogP contribution in [0.4, 0.5) is 0 Å². The van der Waals surface area contributed by atoms with Crippen molar-refractivity contribution in [3.05, 3.63) is 71.4 Å². The Hall–Kier alpha value is -2.88. The average Bonchev–Trinajstić information content (AvgIpc) is 3.00. The van der Waals surface area contributed by atoms with Gasteiger partial charge in [0.25, 0.3) is 5.91 Å². The molecule has 0 bridgehead atoms. The summed E-state index contributed by atoms with van der Waals surface area (Å²) in [5, 5.41) is 0.830. The van der Waals surface area contributed by atoms with E-state index in [2.05, 4.69) is 12.1 Å². The van der Waals surface area contributed by atoms with Crippen molar-refractivity contribution >= 4 is 22.7 Å². The van der Waals surface area contributed by atoms with Crippen LogP contribution in [0.2, 0.25) is 0 Å². The zero-order valence-electron chi connectivity index (χ0n) is 13.5. The molecular weight excluding hydrogens is 300 g/mol. The fourth-order valence-electron chi connectivity index (χ4n) is 3.45. The number of rotatable bonds is 1. The summed E-state index contributed by atoms with van der Waals surface area (Å²) >= 11 is 0. The molecule has 0 aliphatic carbocycles. The minimum absolute atomic E-state index is 0.0132. The molecule has 4 nitrogen and oxygen atoms in total. The second-order valence-corrected chi connectivity index (χ2v) is 6.19. The van der Waals surface area contributed by atoms with Gasteiger partial charge in [-0.2, -0.15) is 0 Å². The van der Waals surface area contributed by atoms with E-state index in [0.29, 0.717) is 18.7 Å². The lowest BCUT2D eigenvalue weighted by Gasteiger charge is -2.28. The van der Waals surface area contributed by atoms with Crippen molar-refractivity contribution in [2.75, 3.05) is 6.54 Å². The summed E-state index contributed by atoms with van der Waals surface area (Å²) < 4.78 is 1.56. The predicted molar refractivity (Wildman–Crippen MR) is 93.1 cm³/mol. The molecule has 0 spiro atoms. The van der Waals surface area contributed by atoms with Gasteiger partial charge in [-0.3, -0.25) is 14.2 Å². The normalized spacial score (nSPS) is 13.8. The maximum atomic E-state index is 13.1. The quantitative estimate of drug-likeness (QED) is 0.689. The fourth-order valence-corrected chi connectivity index (χ4v) is 3.45. The highest BCUT2D eigenvalue weighted by molar-refractivity contribution is 6.09. The standard InChI is InChI=1S/C20H18N2O2/c1-14(23)22-13-18(17-8-4-5-9-19(17)22)20(24)21-11-10-15-6-2-3-7-16(15)12-21/h2-9,13H,10-12H2,1H3. The third-order valence-corrected chi connectivity index (χ3v) is 4.70. The minimum atomic E-state index is -0.0887. The highest BCUT2D eigenvalue weighted by Gasteiger charge is 2.24. The van der Waals surface area contributed by atoms with Crippen molar-refractivity contribution in [1.82, 2.24) is 9.47 Å². The Morgan fingerprint density at radius 2 is 1.67 bits per heavy atom. The summed E-state index contributed by atoms with van der Waals surface area (Å²) in [6.45, 7) is 2.84. The Morgan fingerprint density at radius 3 is 2.46 bits per heavy atom. The van der Waals surface area contributed by atoms with Crippen molar-refractivity contribution in [2.24, 2.45) is 0 Å². The summed E-state index contributed by atoms with van der Waals surface area (Å²) in [5.41, 5.74) is 3.89. The van der Waals surface area contributed by atoms with E-state index in [9.17, 15) is 9.59 Å². The van der Waals surface area contributed by atoms with Gasteiger partial charge < -0.3 is 4.90 Å². The molecule has 0 fully saturated rings. The van der Waals surface area contributed by atoms with Gasteiger partial charge in [-0.15, -0.1) is 0 Å². The summed E-state index contributed by atoms with van der Waals surface area (Å²) in [4.78, 5) is 26.8. The van der Waals surface area contributed by atoms with Crippen LogP contribution in [-0.4, -0.2) is 27.8 Å². The molecule has 0 atom stereocenters. The van der Waals surface area contributed by atoms with Crippen LogP contribution in [-0.2, 0) is 13.0 Å². The van der Waals surface area contributed by atoms with Gasteiger partial charge in [0.05, 0.1) is 11.1 Å². The topological polar surface area (TPSA) is 42.3 Å². The van der Waals surface area contributed by atoms with Crippen molar-refractivity contribution in [1.29, 1.82) is 0 Å². The van der Waals surface area contributed by atoms with Crippen LogP contribution in [0.3, 0.4) is 0 Å². The van der Waals surface area contributed by atoms with E-state index < -0.39 is 0 Å². The molecule has 4 heteroatoms. The molecule has 0 saturated carbocycles. The molecule has 2 heterocycles. The van der Waals surface area contributed by atoms with Gasteiger partial charge in [-0.05, 0) is 23.6 Å². The van der Waals surface area contributed by atoms with Crippen molar-refractivity contribution < 1.29 is 9.59 Å². The smallest absolute Gasteiger partial charge is 0.256 e.